The number of carbonyl (C=O) groups is 2. The molecular weight excluding hydrogens is 320 g/mol. The van der Waals surface area contributed by atoms with Gasteiger partial charge in [-0.1, -0.05) is 28.1 Å². The van der Waals surface area contributed by atoms with Crippen molar-refractivity contribution < 1.29 is 9.59 Å². The molecule has 2 rings (SSSR count). The van der Waals surface area contributed by atoms with Crippen LogP contribution in [0, 0.1) is 5.92 Å². The molecule has 2 amide bonds. The summed E-state index contributed by atoms with van der Waals surface area (Å²) in [6.45, 7) is 2.61. The number of rotatable bonds is 5. The first-order valence-corrected chi connectivity index (χ1v) is 7.61. The van der Waals surface area contributed by atoms with Gasteiger partial charge in [0.2, 0.25) is 11.8 Å². The number of nitrogens with one attached hydrogen (secondary N) is 1. The number of benzene rings is 1. The molecule has 4 nitrogen and oxygen atoms in total. The van der Waals surface area contributed by atoms with E-state index in [1.165, 1.54) is 5.56 Å². The van der Waals surface area contributed by atoms with E-state index in [1.54, 1.807) is 11.9 Å². The molecule has 1 aromatic rings. The Kier molecular flexibility index (Phi) is 4.81. The van der Waals surface area contributed by atoms with E-state index in [4.69, 9.17) is 0 Å². The lowest BCUT2D eigenvalue weighted by molar-refractivity contribution is -0.136. The molecule has 5 heteroatoms. The SMILES string of the molecule is CCN(CC(=O)NC)C(=O)C1CC1c1cccc(Br)c1. The van der Waals surface area contributed by atoms with Crippen molar-refractivity contribution in [1.82, 2.24) is 10.2 Å². The number of nitrogens with zero attached hydrogens (tertiary/aromatic N) is 1. The van der Waals surface area contributed by atoms with Crippen LogP contribution in [0.3, 0.4) is 0 Å². The molecule has 1 aliphatic carbocycles. The predicted octanol–water partition coefficient (Wildman–Crippen LogP) is 2.15. The molecule has 1 saturated carbocycles. The maximum Gasteiger partial charge on any atom is 0.239 e. The third-order valence-corrected chi connectivity index (χ3v) is 4.18. The summed E-state index contributed by atoms with van der Waals surface area (Å²) in [5.74, 6) is 0.272. The molecule has 2 unspecified atom stereocenters. The van der Waals surface area contributed by atoms with Crippen LogP contribution < -0.4 is 5.32 Å². The van der Waals surface area contributed by atoms with Crippen molar-refractivity contribution in [1.29, 1.82) is 0 Å². The van der Waals surface area contributed by atoms with E-state index in [0.717, 1.165) is 10.9 Å². The molecule has 1 aliphatic rings. The molecule has 1 fully saturated rings. The first-order chi connectivity index (χ1) is 9.56. The fourth-order valence-corrected chi connectivity index (χ4v) is 2.82. The zero-order chi connectivity index (χ0) is 14.7. The number of amides is 2. The molecular formula is C15H19BrN2O2. The summed E-state index contributed by atoms with van der Waals surface area (Å²) in [5.41, 5.74) is 1.19. The topological polar surface area (TPSA) is 49.4 Å². The van der Waals surface area contributed by atoms with Crippen LogP contribution in [0.25, 0.3) is 0 Å². The van der Waals surface area contributed by atoms with Crippen molar-refractivity contribution in [3.8, 4) is 0 Å². The minimum atomic E-state index is -0.125. The second kappa shape index (κ2) is 6.39. The lowest BCUT2D eigenvalue weighted by atomic mass is 10.1. The van der Waals surface area contributed by atoms with E-state index >= 15 is 0 Å². The summed E-state index contributed by atoms with van der Waals surface area (Å²) in [7, 11) is 1.59. The third-order valence-electron chi connectivity index (χ3n) is 3.69. The Morgan fingerprint density at radius 1 is 1.45 bits per heavy atom. The zero-order valence-electron chi connectivity index (χ0n) is 11.7. The van der Waals surface area contributed by atoms with E-state index in [2.05, 4.69) is 33.4 Å². The van der Waals surface area contributed by atoms with Gasteiger partial charge >= 0.3 is 0 Å². The van der Waals surface area contributed by atoms with Gasteiger partial charge in [0, 0.05) is 24.0 Å². The van der Waals surface area contributed by atoms with Crippen molar-refractivity contribution in [2.75, 3.05) is 20.1 Å². The van der Waals surface area contributed by atoms with E-state index in [9.17, 15) is 9.59 Å². The monoisotopic (exact) mass is 338 g/mol. The minimum Gasteiger partial charge on any atom is -0.358 e. The first kappa shape index (κ1) is 15.0. The standard InChI is InChI=1S/C15H19BrN2O2/c1-3-18(9-14(19)17-2)15(20)13-8-12(13)10-5-4-6-11(16)7-10/h4-7,12-13H,3,8-9H2,1-2H3,(H,17,19). The smallest absolute Gasteiger partial charge is 0.239 e. The van der Waals surface area contributed by atoms with Crippen LogP contribution in [0.2, 0.25) is 0 Å². The van der Waals surface area contributed by atoms with Gasteiger partial charge in [-0.25, -0.2) is 0 Å². The predicted molar refractivity (Wildman–Crippen MR) is 81.3 cm³/mol. The van der Waals surface area contributed by atoms with Gasteiger partial charge < -0.3 is 10.2 Å². The lowest BCUT2D eigenvalue weighted by Gasteiger charge is -2.20. The molecule has 0 aliphatic heterocycles. The lowest BCUT2D eigenvalue weighted by Crippen LogP contribution is -2.40. The third kappa shape index (κ3) is 3.39. The van der Waals surface area contributed by atoms with Crippen molar-refractivity contribution in [3.05, 3.63) is 34.3 Å². The fraction of sp³-hybridized carbons (Fsp3) is 0.467. The highest BCUT2D eigenvalue weighted by atomic mass is 79.9. The number of hydrogen-bond acceptors (Lipinski definition) is 2. The fourth-order valence-electron chi connectivity index (χ4n) is 2.41. The van der Waals surface area contributed by atoms with Crippen LogP contribution in [-0.4, -0.2) is 36.9 Å². The molecule has 0 spiro atoms. The van der Waals surface area contributed by atoms with E-state index < -0.39 is 0 Å². The summed E-state index contributed by atoms with van der Waals surface area (Å²) >= 11 is 3.45. The van der Waals surface area contributed by atoms with Gasteiger partial charge in [0.15, 0.2) is 0 Å². The van der Waals surface area contributed by atoms with Crippen LogP contribution >= 0.6 is 15.9 Å². The van der Waals surface area contributed by atoms with Crippen LogP contribution in [-0.2, 0) is 9.59 Å². The van der Waals surface area contributed by atoms with Gasteiger partial charge in [0.05, 0.1) is 6.54 Å². The minimum absolute atomic E-state index is 0.0221. The Morgan fingerprint density at radius 2 is 2.20 bits per heavy atom. The molecule has 1 aromatic carbocycles. The molecule has 0 aromatic heterocycles. The molecule has 0 radical (unpaired) electrons. The number of likely N-dealkylation sites (N-methyl/N-ethyl adjacent to an activating group) is 2. The Morgan fingerprint density at radius 3 is 2.80 bits per heavy atom. The molecule has 0 heterocycles. The zero-order valence-corrected chi connectivity index (χ0v) is 13.3. The number of hydrogen-bond donors (Lipinski definition) is 1. The normalized spacial score (nSPS) is 20.4. The Balaban J connectivity index is 1.99. The molecule has 1 N–H and O–H groups in total. The summed E-state index contributed by atoms with van der Waals surface area (Å²) in [4.78, 5) is 25.4. The molecule has 108 valence electrons. The average Bonchev–Trinajstić information content (AvgIpc) is 3.24. The molecule has 2 atom stereocenters. The average molecular weight is 339 g/mol. The van der Waals surface area contributed by atoms with Crippen LogP contribution in [0.5, 0.6) is 0 Å². The van der Waals surface area contributed by atoms with Gasteiger partial charge in [-0.3, -0.25) is 9.59 Å². The summed E-state index contributed by atoms with van der Waals surface area (Å²) in [6.07, 6.45) is 0.875. The quantitative estimate of drug-likeness (QED) is 0.894. The maximum absolute atomic E-state index is 12.4. The summed E-state index contributed by atoms with van der Waals surface area (Å²) in [6, 6.07) is 8.08. The number of carbonyl (C=O) groups excluding carboxylic acids is 2. The van der Waals surface area contributed by atoms with E-state index in [-0.39, 0.29) is 24.3 Å². The maximum atomic E-state index is 12.4. The second-order valence-corrected chi connectivity index (χ2v) is 5.94. The highest BCUT2D eigenvalue weighted by Crippen LogP contribution is 2.48. The number of halogens is 1. The van der Waals surface area contributed by atoms with Gasteiger partial charge in [-0.2, -0.15) is 0 Å². The van der Waals surface area contributed by atoms with Crippen molar-refractivity contribution in [2.45, 2.75) is 19.3 Å². The van der Waals surface area contributed by atoms with Gasteiger partial charge in [-0.05, 0) is 37.0 Å². The Hall–Kier alpha value is -1.36. The molecule has 20 heavy (non-hydrogen) atoms. The summed E-state index contributed by atoms with van der Waals surface area (Å²) < 4.78 is 1.03. The van der Waals surface area contributed by atoms with Gasteiger partial charge in [0.25, 0.3) is 0 Å². The van der Waals surface area contributed by atoms with Gasteiger partial charge in [0.1, 0.15) is 0 Å². The van der Waals surface area contributed by atoms with E-state index in [0.29, 0.717) is 12.5 Å². The van der Waals surface area contributed by atoms with Crippen LogP contribution in [0.1, 0.15) is 24.8 Å². The first-order valence-electron chi connectivity index (χ1n) is 6.81. The summed E-state index contributed by atoms with van der Waals surface area (Å²) in [5, 5.41) is 2.56. The highest BCUT2D eigenvalue weighted by molar-refractivity contribution is 9.10. The van der Waals surface area contributed by atoms with Crippen LogP contribution in [0.4, 0.5) is 0 Å². The Bertz CT molecular complexity index is 518. The van der Waals surface area contributed by atoms with Crippen molar-refractivity contribution in [3.63, 3.8) is 0 Å². The van der Waals surface area contributed by atoms with E-state index in [1.807, 2.05) is 19.1 Å². The van der Waals surface area contributed by atoms with Crippen LogP contribution in [0.15, 0.2) is 28.7 Å². The molecule has 0 saturated heterocycles. The van der Waals surface area contributed by atoms with Crippen molar-refractivity contribution in [2.24, 2.45) is 5.92 Å². The van der Waals surface area contributed by atoms with Gasteiger partial charge in [-0.15, -0.1) is 0 Å². The molecule has 0 bridgehead atoms. The largest absolute Gasteiger partial charge is 0.358 e. The Labute approximate surface area is 127 Å². The van der Waals surface area contributed by atoms with Crippen molar-refractivity contribution >= 4 is 27.7 Å². The second-order valence-electron chi connectivity index (χ2n) is 5.03. The highest BCUT2D eigenvalue weighted by Gasteiger charge is 2.45.